The largest absolute Gasteiger partial charge is 0.387 e. The number of ether oxygens (including phenoxy) is 1. The van der Waals surface area contributed by atoms with Gasteiger partial charge < -0.3 is 25.6 Å². The molecular weight excluding hydrogens is 458 g/mol. The molecule has 0 radical (unpaired) electrons. The van der Waals surface area contributed by atoms with Crippen LogP contribution in [-0.4, -0.2) is 92.5 Å². The van der Waals surface area contributed by atoms with Gasteiger partial charge in [0.05, 0.1) is 18.7 Å². The first kappa shape index (κ1) is 22.7. The van der Waals surface area contributed by atoms with Crippen molar-refractivity contribution in [1.82, 2.24) is 49.8 Å². The highest BCUT2D eigenvalue weighted by Crippen LogP contribution is 2.33. The molecule has 1 saturated heterocycles. The number of anilines is 1. The Bertz CT molecular complexity index is 1340. The molecule has 1 fully saturated rings. The number of fused-ring (bicyclic) bond motifs is 1. The van der Waals surface area contributed by atoms with E-state index >= 15 is 0 Å². The third kappa shape index (κ3) is 4.05. The summed E-state index contributed by atoms with van der Waals surface area (Å²) in [4.78, 5) is 33.9. The highest BCUT2D eigenvalue weighted by atomic mass is 16.6. The lowest BCUT2D eigenvalue weighted by Crippen LogP contribution is -2.41. The van der Waals surface area contributed by atoms with Crippen LogP contribution >= 0.6 is 0 Å². The lowest BCUT2D eigenvalue weighted by Gasteiger charge is -2.17. The summed E-state index contributed by atoms with van der Waals surface area (Å²) in [7, 11) is 1.42. The van der Waals surface area contributed by atoms with Crippen molar-refractivity contribution in [2.75, 3.05) is 18.9 Å². The van der Waals surface area contributed by atoms with Crippen molar-refractivity contribution in [2.24, 2.45) is 0 Å². The van der Waals surface area contributed by atoms with Gasteiger partial charge in [-0.1, -0.05) is 12.1 Å². The summed E-state index contributed by atoms with van der Waals surface area (Å²) in [6.07, 6.45) is 3.36. The Morgan fingerprint density at radius 3 is 2.77 bits per heavy atom. The van der Waals surface area contributed by atoms with Crippen LogP contribution in [0.5, 0.6) is 0 Å². The number of carbonyl (C=O) groups excluding carboxylic acids is 1. The molecule has 0 saturated carbocycles. The number of rotatable bonds is 7. The van der Waals surface area contributed by atoms with E-state index in [4.69, 9.17) is 4.74 Å². The van der Waals surface area contributed by atoms with Crippen molar-refractivity contribution in [1.29, 1.82) is 0 Å². The van der Waals surface area contributed by atoms with Gasteiger partial charge in [0.1, 0.15) is 23.6 Å². The number of likely N-dealkylation sites (N-methyl/N-ethyl adjacent to an activating group) is 1. The third-order valence-corrected chi connectivity index (χ3v) is 5.49. The summed E-state index contributed by atoms with van der Waals surface area (Å²) < 4.78 is 8.53. The van der Waals surface area contributed by atoms with E-state index in [0.29, 0.717) is 34.9 Å². The minimum atomic E-state index is -1.43. The van der Waals surface area contributed by atoms with E-state index in [2.05, 4.69) is 45.9 Å². The monoisotopic (exact) mass is 481 g/mol. The van der Waals surface area contributed by atoms with Crippen LogP contribution in [0.25, 0.3) is 28.5 Å². The Hall–Kier alpha value is -4.08. The molecule has 4 aromatic rings. The maximum atomic E-state index is 12.1. The predicted molar refractivity (Wildman–Crippen MR) is 120 cm³/mol. The second-order valence-corrected chi connectivity index (χ2v) is 7.80. The van der Waals surface area contributed by atoms with Gasteiger partial charge in [0.25, 0.3) is 11.9 Å². The number of hydrogen-bond acceptors (Lipinski definition) is 12. The zero-order valence-electron chi connectivity index (χ0n) is 18.8. The molecule has 15 heteroatoms. The van der Waals surface area contributed by atoms with Crippen LogP contribution in [0.1, 0.15) is 19.6 Å². The summed E-state index contributed by atoms with van der Waals surface area (Å²) in [6, 6.07) is 0. The van der Waals surface area contributed by atoms with E-state index in [9.17, 15) is 15.0 Å². The van der Waals surface area contributed by atoms with E-state index in [1.54, 1.807) is 24.8 Å². The number of carbonyl (C=O) groups is 1. The molecule has 5 heterocycles. The first-order valence-corrected chi connectivity index (χ1v) is 10.9. The zero-order chi connectivity index (χ0) is 24.5. The van der Waals surface area contributed by atoms with Crippen LogP contribution in [0.4, 0.5) is 5.82 Å². The van der Waals surface area contributed by atoms with E-state index in [1.165, 1.54) is 22.6 Å². The number of aliphatic hydroxyl groups is 2. The summed E-state index contributed by atoms with van der Waals surface area (Å²) in [6.45, 7) is 2.64. The maximum Gasteiger partial charge on any atom is 0.256 e. The predicted octanol–water partition coefficient (Wildman–Crippen LogP) is -0.949. The fourth-order valence-electron chi connectivity index (χ4n) is 3.72. The Morgan fingerprint density at radius 2 is 2.03 bits per heavy atom. The lowest BCUT2D eigenvalue weighted by atomic mass is 10.1. The van der Waals surface area contributed by atoms with Gasteiger partial charge in [-0.05, 0) is 6.42 Å². The lowest BCUT2D eigenvalue weighted by molar-refractivity contribution is -0.137. The summed E-state index contributed by atoms with van der Waals surface area (Å²) >= 11 is 0. The molecule has 0 unspecified atom stereocenters. The first-order valence-electron chi connectivity index (χ1n) is 10.9. The third-order valence-electron chi connectivity index (χ3n) is 5.49. The van der Waals surface area contributed by atoms with Gasteiger partial charge >= 0.3 is 0 Å². The normalized spacial score (nSPS) is 21.9. The molecule has 0 aliphatic carbocycles. The topological polar surface area (TPSA) is 191 Å². The number of aliphatic hydroxyl groups excluding tert-OH is 2. The van der Waals surface area contributed by atoms with Gasteiger partial charge in [0.2, 0.25) is 0 Å². The van der Waals surface area contributed by atoms with Gasteiger partial charge in [-0.25, -0.2) is 4.98 Å². The van der Waals surface area contributed by atoms with Crippen LogP contribution in [0.15, 0.2) is 31.1 Å². The Kier molecular flexibility index (Phi) is 6.02. The first-order chi connectivity index (χ1) is 17.0. The van der Waals surface area contributed by atoms with Crippen LogP contribution in [0.3, 0.4) is 0 Å². The Morgan fingerprint density at radius 1 is 1.17 bits per heavy atom. The molecule has 5 rings (SSSR count). The molecule has 0 bridgehead atoms. The Balaban J connectivity index is 1.58. The molecule has 1 aliphatic rings. The van der Waals surface area contributed by atoms with Crippen molar-refractivity contribution in [2.45, 2.75) is 37.9 Å². The van der Waals surface area contributed by atoms with Gasteiger partial charge in [0.15, 0.2) is 29.3 Å². The van der Waals surface area contributed by atoms with E-state index in [-0.39, 0.29) is 5.95 Å². The standard InChI is InChI=1S/C20H23N11O4/c1-3-4-24-16-12-17(30(9-25-12)19-14(33)13(32)15(35-19)18(34)21-2)27-20(26-16)31-8-11(28-29-31)10-7-22-5-6-23-10/h5-9,13-15,19,32-33H,3-4H2,1-2H3,(H,21,34)(H,24,26,27)/t13-,14+,15-,19+/m0/s1. The van der Waals surface area contributed by atoms with Crippen molar-refractivity contribution in [3.05, 3.63) is 31.1 Å². The highest BCUT2D eigenvalue weighted by Gasteiger charge is 2.47. The van der Waals surface area contributed by atoms with Crippen molar-refractivity contribution < 1.29 is 19.7 Å². The minimum Gasteiger partial charge on any atom is -0.387 e. The van der Waals surface area contributed by atoms with Gasteiger partial charge in [-0.2, -0.15) is 14.6 Å². The van der Waals surface area contributed by atoms with E-state index in [1.807, 2.05) is 6.92 Å². The summed E-state index contributed by atoms with van der Waals surface area (Å²) in [5, 5.41) is 34.9. The van der Waals surface area contributed by atoms with E-state index in [0.717, 1.165) is 6.42 Å². The van der Waals surface area contributed by atoms with Gasteiger partial charge in [-0.15, -0.1) is 5.10 Å². The number of hydrogen-bond donors (Lipinski definition) is 4. The zero-order valence-corrected chi connectivity index (χ0v) is 18.8. The second kappa shape index (κ2) is 9.28. The molecule has 4 atom stereocenters. The minimum absolute atomic E-state index is 0.177. The molecule has 4 N–H and O–H groups in total. The summed E-state index contributed by atoms with van der Waals surface area (Å²) in [5.41, 5.74) is 1.74. The fraction of sp³-hybridized carbons (Fsp3) is 0.400. The number of nitrogens with one attached hydrogen (secondary N) is 2. The number of imidazole rings is 1. The van der Waals surface area contributed by atoms with Crippen LogP contribution in [-0.2, 0) is 9.53 Å². The van der Waals surface area contributed by atoms with Crippen molar-refractivity contribution in [3.8, 4) is 17.3 Å². The average molecular weight is 481 g/mol. The van der Waals surface area contributed by atoms with E-state index < -0.39 is 30.4 Å². The van der Waals surface area contributed by atoms with Crippen LogP contribution < -0.4 is 10.6 Å². The average Bonchev–Trinajstić information content (AvgIpc) is 3.61. The number of aromatic nitrogens is 9. The van der Waals surface area contributed by atoms with Crippen molar-refractivity contribution >= 4 is 22.9 Å². The van der Waals surface area contributed by atoms with Gasteiger partial charge in [0, 0.05) is 26.0 Å². The molecular formula is C20H23N11O4. The molecule has 182 valence electrons. The molecule has 15 nitrogen and oxygen atoms in total. The molecule has 4 aromatic heterocycles. The van der Waals surface area contributed by atoms with Gasteiger partial charge in [-0.3, -0.25) is 19.3 Å². The van der Waals surface area contributed by atoms with Crippen molar-refractivity contribution in [3.63, 3.8) is 0 Å². The molecule has 0 aromatic carbocycles. The number of amides is 1. The molecule has 1 aliphatic heterocycles. The smallest absolute Gasteiger partial charge is 0.256 e. The molecule has 1 amide bonds. The summed E-state index contributed by atoms with van der Waals surface area (Å²) in [5.74, 6) is 0.0673. The maximum absolute atomic E-state index is 12.1. The SMILES string of the molecule is CCCNc1nc(-n2cc(-c3cnccn3)nn2)nc2c1ncn2[C@@H]1O[C@H](C(=O)NC)[C@@H](O)[C@H]1O. The Labute approximate surface area is 198 Å². The number of nitrogens with zero attached hydrogens (tertiary/aromatic N) is 9. The van der Waals surface area contributed by atoms with Crippen LogP contribution in [0, 0.1) is 0 Å². The molecule has 0 spiro atoms. The molecule has 35 heavy (non-hydrogen) atoms. The fourth-order valence-corrected chi connectivity index (χ4v) is 3.72. The quantitative estimate of drug-likeness (QED) is 0.253. The highest BCUT2D eigenvalue weighted by molar-refractivity contribution is 5.84. The van der Waals surface area contributed by atoms with Crippen LogP contribution in [0.2, 0.25) is 0 Å². The second-order valence-electron chi connectivity index (χ2n) is 7.80.